The van der Waals surface area contributed by atoms with Crippen molar-refractivity contribution in [1.29, 1.82) is 0 Å². The molecule has 0 aliphatic heterocycles. The van der Waals surface area contributed by atoms with Crippen LogP contribution in [-0.4, -0.2) is 30.8 Å². The normalized spacial score (nSPS) is 14.8. The minimum Gasteiger partial charge on any atom is -0.396 e. The predicted octanol–water partition coefficient (Wildman–Crippen LogP) is 0.0291. The van der Waals surface area contributed by atoms with E-state index in [1.54, 1.807) is 6.92 Å². The number of hydrogen-bond donors (Lipinski definition) is 2. The number of sulfonamides is 1. The lowest BCUT2D eigenvalue weighted by Crippen LogP contribution is -2.33. The van der Waals surface area contributed by atoms with E-state index in [0.29, 0.717) is 6.42 Å². The van der Waals surface area contributed by atoms with E-state index in [4.69, 9.17) is 5.11 Å². The third-order valence-electron chi connectivity index (χ3n) is 1.09. The lowest BCUT2D eigenvalue weighted by atomic mass is 10.3. The molecule has 0 radical (unpaired) electrons. The van der Waals surface area contributed by atoms with Crippen LogP contribution in [0.4, 0.5) is 0 Å². The molecule has 4 nitrogen and oxygen atoms in total. The van der Waals surface area contributed by atoms with E-state index in [0.717, 1.165) is 0 Å². The maximum absolute atomic E-state index is 10.8. The standard InChI is InChI=1S/C5H12BrNO3S/c1-5(2-3-8)7-11(9,10)4-6/h5,7-8H,2-4H2,1H3. The van der Waals surface area contributed by atoms with Gasteiger partial charge in [0.15, 0.2) is 0 Å². The second kappa shape index (κ2) is 5.08. The van der Waals surface area contributed by atoms with Crippen LogP contribution in [0.2, 0.25) is 0 Å². The zero-order valence-electron chi connectivity index (χ0n) is 6.25. The van der Waals surface area contributed by atoms with Gasteiger partial charge in [0.05, 0.1) is 0 Å². The average Bonchev–Trinajstić information content (AvgIpc) is 1.87. The summed E-state index contributed by atoms with van der Waals surface area (Å²) in [7, 11) is -3.19. The van der Waals surface area contributed by atoms with Crippen LogP contribution in [0.5, 0.6) is 0 Å². The van der Waals surface area contributed by atoms with Gasteiger partial charge in [-0.25, -0.2) is 13.1 Å². The highest BCUT2D eigenvalue weighted by Crippen LogP contribution is 1.96. The second-order valence-corrected chi connectivity index (χ2v) is 5.31. The Labute approximate surface area is 75.2 Å². The second-order valence-electron chi connectivity index (χ2n) is 2.26. The number of nitrogens with one attached hydrogen (secondary N) is 1. The lowest BCUT2D eigenvalue weighted by molar-refractivity contribution is 0.275. The van der Waals surface area contributed by atoms with E-state index >= 15 is 0 Å². The fourth-order valence-corrected chi connectivity index (χ4v) is 1.78. The van der Waals surface area contributed by atoms with Crippen LogP contribution >= 0.6 is 15.9 Å². The Balaban J connectivity index is 3.84. The maximum Gasteiger partial charge on any atom is 0.221 e. The van der Waals surface area contributed by atoms with Crippen LogP contribution in [-0.2, 0) is 10.0 Å². The van der Waals surface area contributed by atoms with E-state index in [2.05, 4.69) is 20.7 Å². The number of halogens is 1. The number of alkyl halides is 1. The number of aliphatic hydroxyl groups excluding tert-OH is 1. The van der Waals surface area contributed by atoms with Crippen LogP contribution < -0.4 is 4.72 Å². The molecule has 0 aromatic heterocycles. The summed E-state index contributed by atoms with van der Waals surface area (Å²) >= 11 is 2.84. The minimum atomic E-state index is -3.19. The highest BCUT2D eigenvalue weighted by molar-refractivity contribution is 9.10. The molecule has 0 aliphatic carbocycles. The zero-order valence-corrected chi connectivity index (χ0v) is 8.65. The van der Waals surface area contributed by atoms with Crippen molar-refractivity contribution in [1.82, 2.24) is 4.72 Å². The Bertz CT molecular complexity index is 192. The minimum absolute atomic E-state index is 0.00796. The fourth-order valence-electron chi connectivity index (χ4n) is 0.591. The molecular weight excluding hydrogens is 234 g/mol. The molecule has 11 heavy (non-hydrogen) atoms. The molecule has 0 aromatic carbocycles. The van der Waals surface area contributed by atoms with Crippen LogP contribution in [0.25, 0.3) is 0 Å². The average molecular weight is 246 g/mol. The highest BCUT2D eigenvalue weighted by Gasteiger charge is 2.11. The van der Waals surface area contributed by atoms with Crippen molar-refractivity contribution in [2.45, 2.75) is 19.4 Å². The Kier molecular flexibility index (Phi) is 5.24. The first kappa shape index (κ1) is 11.4. The van der Waals surface area contributed by atoms with Crippen molar-refractivity contribution < 1.29 is 13.5 Å². The summed E-state index contributed by atoms with van der Waals surface area (Å²) in [5.74, 6) is 0. The third-order valence-corrected chi connectivity index (χ3v) is 3.94. The molecule has 0 aromatic rings. The Morgan fingerprint density at radius 2 is 2.18 bits per heavy atom. The summed E-state index contributed by atoms with van der Waals surface area (Å²) in [6.45, 7) is 1.70. The largest absolute Gasteiger partial charge is 0.396 e. The quantitative estimate of drug-likeness (QED) is 0.672. The topological polar surface area (TPSA) is 66.4 Å². The molecule has 0 bridgehead atoms. The molecule has 0 amide bonds. The van der Waals surface area contributed by atoms with Gasteiger partial charge in [-0.2, -0.15) is 0 Å². The molecule has 1 atom stereocenters. The molecule has 6 heteroatoms. The van der Waals surface area contributed by atoms with Crippen LogP contribution in [0, 0.1) is 0 Å². The Hall–Kier alpha value is 0.350. The molecule has 2 N–H and O–H groups in total. The van der Waals surface area contributed by atoms with Gasteiger partial charge in [-0.15, -0.1) is 0 Å². The number of aliphatic hydroxyl groups is 1. The van der Waals surface area contributed by atoms with Crippen LogP contribution in [0.3, 0.4) is 0 Å². The first-order chi connectivity index (χ1) is 5.02. The van der Waals surface area contributed by atoms with E-state index in [-0.39, 0.29) is 17.3 Å². The van der Waals surface area contributed by atoms with Crippen molar-refractivity contribution in [3.8, 4) is 0 Å². The van der Waals surface area contributed by atoms with Gasteiger partial charge in [0, 0.05) is 12.6 Å². The van der Waals surface area contributed by atoms with Crippen molar-refractivity contribution >= 4 is 26.0 Å². The van der Waals surface area contributed by atoms with E-state index < -0.39 is 10.0 Å². The molecule has 68 valence electrons. The van der Waals surface area contributed by atoms with Crippen LogP contribution in [0.15, 0.2) is 0 Å². The Morgan fingerprint density at radius 1 is 1.64 bits per heavy atom. The summed E-state index contributed by atoms with van der Waals surface area (Å²) in [6.07, 6.45) is 0.437. The molecule has 0 saturated heterocycles. The van der Waals surface area contributed by atoms with E-state index in [1.807, 2.05) is 0 Å². The van der Waals surface area contributed by atoms with Gasteiger partial charge in [-0.1, -0.05) is 15.9 Å². The van der Waals surface area contributed by atoms with Crippen molar-refractivity contribution in [3.05, 3.63) is 0 Å². The summed E-state index contributed by atoms with van der Waals surface area (Å²) in [4.78, 5) is 0. The molecule has 0 aliphatic rings. The van der Waals surface area contributed by atoms with Gasteiger partial charge in [0.25, 0.3) is 0 Å². The number of rotatable bonds is 5. The lowest BCUT2D eigenvalue weighted by Gasteiger charge is -2.10. The first-order valence-electron chi connectivity index (χ1n) is 3.18. The van der Waals surface area contributed by atoms with E-state index in [9.17, 15) is 8.42 Å². The van der Waals surface area contributed by atoms with Gasteiger partial charge in [0.2, 0.25) is 10.0 Å². The zero-order chi connectivity index (χ0) is 8.91. The van der Waals surface area contributed by atoms with Gasteiger partial charge in [-0.3, -0.25) is 0 Å². The molecule has 0 spiro atoms. The molecule has 0 heterocycles. The Morgan fingerprint density at radius 3 is 2.55 bits per heavy atom. The first-order valence-corrected chi connectivity index (χ1v) is 5.96. The third kappa shape index (κ3) is 5.60. The molecule has 0 fully saturated rings. The van der Waals surface area contributed by atoms with Crippen molar-refractivity contribution in [2.75, 3.05) is 11.3 Å². The van der Waals surface area contributed by atoms with Gasteiger partial charge < -0.3 is 5.11 Å². The van der Waals surface area contributed by atoms with Crippen molar-refractivity contribution in [2.24, 2.45) is 0 Å². The van der Waals surface area contributed by atoms with Gasteiger partial charge >= 0.3 is 0 Å². The van der Waals surface area contributed by atoms with Crippen molar-refractivity contribution in [3.63, 3.8) is 0 Å². The summed E-state index contributed by atoms with van der Waals surface area (Å²) in [5.41, 5.74) is 0. The smallest absolute Gasteiger partial charge is 0.221 e. The molecule has 0 rings (SSSR count). The molecule has 0 saturated carbocycles. The monoisotopic (exact) mass is 245 g/mol. The van der Waals surface area contributed by atoms with Gasteiger partial charge in [0.1, 0.15) is 4.66 Å². The number of hydrogen-bond acceptors (Lipinski definition) is 3. The fraction of sp³-hybridized carbons (Fsp3) is 1.00. The summed E-state index contributed by atoms with van der Waals surface area (Å²) in [6, 6.07) is -0.206. The maximum atomic E-state index is 10.8. The van der Waals surface area contributed by atoms with Gasteiger partial charge in [-0.05, 0) is 13.3 Å². The summed E-state index contributed by atoms with van der Waals surface area (Å²) < 4.78 is 24.0. The molecule has 1 unspecified atom stereocenters. The van der Waals surface area contributed by atoms with Crippen LogP contribution in [0.1, 0.15) is 13.3 Å². The predicted molar refractivity (Wildman–Crippen MR) is 47.0 cm³/mol. The molecular formula is C5H12BrNO3S. The summed E-state index contributed by atoms with van der Waals surface area (Å²) in [5, 5.41) is 8.46. The van der Waals surface area contributed by atoms with E-state index in [1.165, 1.54) is 0 Å². The SMILES string of the molecule is CC(CCO)NS(=O)(=O)CBr. The highest BCUT2D eigenvalue weighted by atomic mass is 79.9.